The van der Waals surface area contributed by atoms with E-state index in [1.165, 1.54) is 0 Å². The van der Waals surface area contributed by atoms with Crippen LogP contribution in [0, 0.1) is 11.3 Å². The molecule has 46 valence electrons. The molecule has 0 aliphatic carbocycles. The number of aliphatic hydroxyl groups excluding tert-OH is 1. The average Bonchev–Trinajstić information content (AvgIpc) is 1.71. The van der Waals surface area contributed by atoms with E-state index in [0.29, 0.717) is 0 Å². The van der Waals surface area contributed by atoms with Gasteiger partial charge in [0.2, 0.25) is 0 Å². The van der Waals surface area contributed by atoms with E-state index < -0.39 is 0 Å². The molecule has 0 fully saturated rings. The van der Waals surface area contributed by atoms with Crippen LogP contribution in [0.3, 0.4) is 0 Å². The molecule has 4 nitrogen and oxygen atoms in total. The van der Waals surface area contributed by atoms with Gasteiger partial charge >= 0.3 is 0 Å². The van der Waals surface area contributed by atoms with E-state index in [1.54, 1.807) is 6.07 Å². The molecule has 0 heterocycles. The van der Waals surface area contributed by atoms with Crippen LogP contribution < -0.4 is 0 Å². The summed E-state index contributed by atoms with van der Waals surface area (Å²) in [6.45, 7) is -0.267. The number of rotatable bonds is 1. The van der Waals surface area contributed by atoms with E-state index in [4.69, 9.17) is 20.3 Å². The molecule has 8 heavy (non-hydrogen) atoms. The van der Waals surface area contributed by atoms with E-state index in [0.717, 1.165) is 0 Å². The summed E-state index contributed by atoms with van der Waals surface area (Å²) < 4.78 is 0. The monoisotopic (exact) mass is 117 g/mol. The van der Waals surface area contributed by atoms with Crippen LogP contribution in [0.25, 0.3) is 0 Å². The summed E-state index contributed by atoms with van der Waals surface area (Å²) >= 11 is 0. The molecule has 0 spiro atoms. The summed E-state index contributed by atoms with van der Waals surface area (Å²) in [5.41, 5.74) is 0. The number of nitriles is 1. The fourth-order valence-corrected chi connectivity index (χ4v) is 0.0500. The van der Waals surface area contributed by atoms with Crippen molar-refractivity contribution in [2.24, 2.45) is 0 Å². The molecule has 0 radical (unpaired) electrons. The maximum absolute atomic E-state index is 8.36. The molecule has 4 heteroatoms. The van der Waals surface area contributed by atoms with E-state index in [9.17, 15) is 0 Å². The van der Waals surface area contributed by atoms with Gasteiger partial charge in [0.15, 0.2) is 0 Å². The first-order valence-corrected chi connectivity index (χ1v) is 1.89. The molecule has 0 aliphatic heterocycles. The first-order valence-electron chi connectivity index (χ1n) is 1.89. The number of hydrogen-bond donors (Lipinski definition) is 2. The van der Waals surface area contributed by atoms with Crippen molar-refractivity contribution in [1.29, 1.82) is 5.26 Å². The normalized spacial score (nSPS) is 5.50. The number of carboxylic acid groups (broad SMARTS) is 1. The van der Waals surface area contributed by atoms with Crippen LogP contribution in [0.1, 0.15) is 6.42 Å². The third-order valence-corrected chi connectivity index (χ3v) is 0.224. The Labute approximate surface area is 47.0 Å². The highest BCUT2D eigenvalue weighted by molar-refractivity contribution is 5.32. The maximum atomic E-state index is 8.36. The van der Waals surface area contributed by atoms with Crippen LogP contribution >= 0.6 is 0 Å². The van der Waals surface area contributed by atoms with Gasteiger partial charge in [0.25, 0.3) is 6.47 Å². The van der Waals surface area contributed by atoms with Gasteiger partial charge in [0.05, 0.1) is 19.1 Å². The van der Waals surface area contributed by atoms with Crippen molar-refractivity contribution in [1.82, 2.24) is 0 Å². The van der Waals surface area contributed by atoms with E-state index in [2.05, 4.69) is 0 Å². The van der Waals surface area contributed by atoms with Gasteiger partial charge in [0, 0.05) is 0 Å². The van der Waals surface area contributed by atoms with Gasteiger partial charge in [-0.3, -0.25) is 4.79 Å². The predicted molar refractivity (Wildman–Crippen MR) is 26.0 cm³/mol. The van der Waals surface area contributed by atoms with E-state index in [-0.39, 0.29) is 19.5 Å². The van der Waals surface area contributed by atoms with E-state index >= 15 is 0 Å². The summed E-state index contributed by atoms with van der Waals surface area (Å²) in [4.78, 5) is 8.36. The lowest BCUT2D eigenvalue weighted by Crippen LogP contribution is -1.72. The standard InChI is InChI=1S/C3H5NO.CH2O2/c4-2-1-3-5;2-1-3/h5H,1,3H2;1H,(H,2,3). The van der Waals surface area contributed by atoms with Crippen molar-refractivity contribution in [3.05, 3.63) is 0 Å². The Morgan fingerprint density at radius 1 is 1.75 bits per heavy atom. The van der Waals surface area contributed by atoms with Gasteiger partial charge in [0.1, 0.15) is 0 Å². The minimum Gasteiger partial charge on any atom is -0.483 e. The summed E-state index contributed by atoms with van der Waals surface area (Å²) in [6, 6.07) is 1.77. The van der Waals surface area contributed by atoms with Crippen molar-refractivity contribution in [3.63, 3.8) is 0 Å². The molecule has 0 aromatic carbocycles. The number of nitrogens with zero attached hydrogens (tertiary/aromatic N) is 1. The highest BCUT2D eigenvalue weighted by Gasteiger charge is 1.66. The summed E-state index contributed by atoms with van der Waals surface area (Å²) in [7, 11) is 0. The van der Waals surface area contributed by atoms with Crippen molar-refractivity contribution >= 4 is 6.47 Å². The predicted octanol–water partition coefficient (Wildman–Crippen LogP) is -0.407. The number of aliphatic hydroxyl groups is 1. The zero-order valence-electron chi connectivity index (χ0n) is 4.24. The minimum absolute atomic E-state index is 0.0174. The topological polar surface area (TPSA) is 81.3 Å². The average molecular weight is 117 g/mol. The van der Waals surface area contributed by atoms with Crippen LogP contribution in [0.2, 0.25) is 0 Å². The quantitative estimate of drug-likeness (QED) is 0.457. The molecule has 0 saturated carbocycles. The maximum Gasteiger partial charge on any atom is 0.290 e. The van der Waals surface area contributed by atoms with Gasteiger partial charge in [-0.25, -0.2) is 0 Å². The minimum atomic E-state index is -0.250. The van der Waals surface area contributed by atoms with Gasteiger partial charge in [-0.2, -0.15) is 5.26 Å². The largest absolute Gasteiger partial charge is 0.483 e. The second kappa shape index (κ2) is 16.8. The zero-order chi connectivity index (χ0) is 6.83. The van der Waals surface area contributed by atoms with Crippen LogP contribution in [-0.2, 0) is 4.79 Å². The fourth-order valence-electron chi connectivity index (χ4n) is 0.0500. The van der Waals surface area contributed by atoms with Crippen molar-refractivity contribution < 1.29 is 15.0 Å². The SMILES string of the molecule is N#CCCO.O=CO. The van der Waals surface area contributed by atoms with Gasteiger partial charge in [-0.05, 0) is 0 Å². The van der Waals surface area contributed by atoms with Gasteiger partial charge < -0.3 is 10.2 Å². The smallest absolute Gasteiger partial charge is 0.290 e. The van der Waals surface area contributed by atoms with Gasteiger partial charge in [-0.15, -0.1) is 0 Å². The third kappa shape index (κ3) is 89.3. The Kier molecular flexibility index (Phi) is 21.0. The number of hydrogen-bond acceptors (Lipinski definition) is 3. The second-order valence-corrected chi connectivity index (χ2v) is 0.737. The highest BCUT2D eigenvalue weighted by Crippen LogP contribution is 1.62. The summed E-state index contributed by atoms with van der Waals surface area (Å²) in [5, 5.41) is 22.4. The summed E-state index contributed by atoms with van der Waals surface area (Å²) in [5.74, 6) is 0. The molecular weight excluding hydrogens is 110 g/mol. The highest BCUT2D eigenvalue weighted by atomic mass is 16.3. The van der Waals surface area contributed by atoms with Crippen LogP contribution in [0.15, 0.2) is 0 Å². The Bertz CT molecular complexity index is 75.8. The Balaban J connectivity index is 0. The molecule has 2 N–H and O–H groups in total. The van der Waals surface area contributed by atoms with E-state index in [1.807, 2.05) is 0 Å². The molecule has 0 aromatic heterocycles. The molecule has 0 unspecified atom stereocenters. The lowest BCUT2D eigenvalue weighted by atomic mass is 10.5. The van der Waals surface area contributed by atoms with Crippen LogP contribution in [-0.4, -0.2) is 23.3 Å². The molecule has 0 bridgehead atoms. The molecular formula is C4H7NO3. The molecule has 0 atom stereocenters. The van der Waals surface area contributed by atoms with Gasteiger partial charge in [-0.1, -0.05) is 0 Å². The number of carbonyl (C=O) groups is 1. The lowest BCUT2D eigenvalue weighted by Gasteiger charge is -1.67. The summed E-state index contributed by atoms with van der Waals surface area (Å²) in [6.07, 6.45) is 0.250. The van der Waals surface area contributed by atoms with Crippen molar-refractivity contribution in [3.8, 4) is 6.07 Å². The Hall–Kier alpha value is -1.08. The molecule has 0 aliphatic rings. The molecule has 0 saturated heterocycles. The van der Waals surface area contributed by atoms with Crippen LogP contribution in [0.4, 0.5) is 0 Å². The van der Waals surface area contributed by atoms with Crippen molar-refractivity contribution in [2.75, 3.05) is 6.61 Å². The first kappa shape index (κ1) is 10.0. The molecule has 0 amide bonds. The first-order chi connectivity index (χ1) is 3.83. The van der Waals surface area contributed by atoms with Crippen LogP contribution in [0.5, 0.6) is 0 Å². The zero-order valence-corrected chi connectivity index (χ0v) is 4.24. The van der Waals surface area contributed by atoms with Crippen molar-refractivity contribution in [2.45, 2.75) is 6.42 Å². The third-order valence-electron chi connectivity index (χ3n) is 0.224. The Morgan fingerprint density at radius 3 is 2.12 bits per heavy atom. The lowest BCUT2D eigenvalue weighted by molar-refractivity contribution is -0.122. The Morgan fingerprint density at radius 2 is 2.12 bits per heavy atom. The molecule has 0 aromatic rings. The fraction of sp³-hybridized carbons (Fsp3) is 0.500. The molecule has 0 rings (SSSR count). The second-order valence-electron chi connectivity index (χ2n) is 0.737.